The summed E-state index contributed by atoms with van der Waals surface area (Å²) < 4.78 is 3.91. The fourth-order valence-corrected chi connectivity index (χ4v) is 4.56. The number of nitrogens with one attached hydrogen (secondary N) is 3. The lowest BCUT2D eigenvalue weighted by Gasteiger charge is -2.22. The molecule has 0 bridgehead atoms. The zero-order valence-electron chi connectivity index (χ0n) is 21.1. The zero-order valence-corrected chi connectivity index (χ0v) is 21.9. The first kappa shape index (κ1) is 26.2. The minimum Gasteiger partial charge on any atom is -0.492 e. The molecule has 2 atom stereocenters. The second-order valence-corrected chi connectivity index (χ2v) is 9.74. The van der Waals surface area contributed by atoms with E-state index in [1.807, 2.05) is 6.92 Å². The summed E-state index contributed by atoms with van der Waals surface area (Å²) in [6, 6.07) is 2.96. The van der Waals surface area contributed by atoms with Gasteiger partial charge in [0.2, 0.25) is 11.8 Å². The molecule has 0 spiro atoms. The number of carbonyl (C=O) groups is 1. The number of pyridine rings is 1. The van der Waals surface area contributed by atoms with Crippen molar-refractivity contribution < 1.29 is 20.1 Å². The lowest BCUT2D eigenvalue weighted by Crippen LogP contribution is -2.39. The summed E-state index contributed by atoms with van der Waals surface area (Å²) in [7, 11) is 3.59. The molecule has 14 heteroatoms. The van der Waals surface area contributed by atoms with Crippen molar-refractivity contribution >= 4 is 45.9 Å². The Morgan fingerprint density at radius 3 is 2.70 bits per heavy atom. The molecular formula is C23H29N9O4S. The molecule has 0 aliphatic carbocycles. The van der Waals surface area contributed by atoms with Gasteiger partial charge < -0.3 is 30.9 Å². The number of aromatic nitrogens is 4. The number of rotatable bonds is 7. The van der Waals surface area contributed by atoms with Crippen molar-refractivity contribution in [2.24, 2.45) is 0 Å². The number of aliphatic hydroxyl groups is 2. The van der Waals surface area contributed by atoms with Crippen LogP contribution in [0.4, 0.5) is 22.6 Å². The fraction of sp³-hybridized carbons (Fsp3) is 0.391. The molecule has 37 heavy (non-hydrogen) atoms. The van der Waals surface area contributed by atoms with E-state index in [1.54, 1.807) is 45.0 Å². The number of aliphatic hydroxyl groups excluding tert-OH is 2. The average Bonchev–Trinajstić information content (AvgIpc) is 3.38. The molecule has 0 aromatic carbocycles. The van der Waals surface area contributed by atoms with E-state index in [1.165, 1.54) is 4.90 Å². The van der Waals surface area contributed by atoms with Crippen LogP contribution in [0, 0.1) is 19.3 Å². The van der Waals surface area contributed by atoms with Gasteiger partial charge in [0.25, 0.3) is 5.91 Å². The normalized spacial score (nSPS) is 15.3. The standard InChI is InChI=1S/C23H29N9O4S/c1-10-6-7-14(28-21-16(20(35)30-37-21)18(24)25-11(2)9-33)27-17(10)22(36)32-15(34)8-13-12(3)26-23(31(4)5)29-19(13)32/h6-7,11,15,33-34H,8-9H2,1-5H3,(H2,24,25)(H,27,28)(H,30,35). The van der Waals surface area contributed by atoms with Crippen LogP contribution in [-0.2, 0) is 6.42 Å². The Bertz CT molecular complexity index is 1360. The molecule has 4 heterocycles. The van der Waals surface area contributed by atoms with Crippen molar-refractivity contribution in [1.29, 1.82) is 5.41 Å². The number of fused-ring (bicyclic) bond motifs is 1. The molecule has 0 radical (unpaired) electrons. The molecule has 1 aliphatic heterocycles. The lowest BCUT2D eigenvalue weighted by molar-refractivity contribution is 0.0897. The quantitative estimate of drug-likeness (QED) is 0.192. The van der Waals surface area contributed by atoms with Gasteiger partial charge in [-0.05, 0) is 43.9 Å². The zero-order chi connectivity index (χ0) is 27.0. The maximum Gasteiger partial charge on any atom is 0.280 e. The molecule has 2 unspecified atom stereocenters. The highest BCUT2D eigenvalue weighted by Gasteiger charge is 2.37. The van der Waals surface area contributed by atoms with Gasteiger partial charge in [0.05, 0.1) is 6.61 Å². The number of carbonyl (C=O) groups excluding carboxylic acids is 1. The van der Waals surface area contributed by atoms with Crippen LogP contribution in [0.2, 0.25) is 0 Å². The number of nitrogens with zero attached hydrogens (tertiary/aromatic N) is 6. The number of aromatic hydroxyl groups is 1. The van der Waals surface area contributed by atoms with E-state index in [-0.39, 0.29) is 41.8 Å². The van der Waals surface area contributed by atoms with Gasteiger partial charge in [-0.15, -0.1) is 0 Å². The van der Waals surface area contributed by atoms with Gasteiger partial charge >= 0.3 is 0 Å². The van der Waals surface area contributed by atoms with Crippen LogP contribution in [0.25, 0.3) is 0 Å². The molecule has 3 aromatic heterocycles. The van der Waals surface area contributed by atoms with Gasteiger partial charge in [-0.1, -0.05) is 6.07 Å². The molecule has 3 aromatic rings. The predicted octanol–water partition coefficient (Wildman–Crippen LogP) is 1.28. The van der Waals surface area contributed by atoms with Gasteiger partial charge in [0.15, 0.2) is 0 Å². The summed E-state index contributed by atoms with van der Waals surface area (Å²) in [5.74, 6) is 0.0644. The van der Waals surface area contributed by atoms with E-state index >= 15 is 0 Å². The molecule has 1 amide bonds. The van der Waals surface area contributed by atoms with Crippen molar-refractivity contribution in [3.63, 3.8) is 0 Å². The molecule has 0 saturated heterocycles. The van der Waals surface area contributed by atoms with E-state index < -0.39 is 18.2 Å². The van der Waals surface area contributed by atoms with Crippen molar-refractivity contribution in [2.45, 2.75) is 39.5 Å². The molecule has 4 rings (SSSR count). The number of hydrogen-bond donors (Lipinski definition) is 6. The van der Waals surface area contributed by atoms with Crippen LogP contribution in [0.1, 0.15) is 39.8 Å². The van der Waals surface area contributed by atoms with Gasteiger partial charge in [-0.3, -0.25) is 15.1 Å². The third-order valence-corrected chi connectivity index (χ3v) is 6.59. The highest BCUT2D eigenvalue weighted by Crippen LogP contribution is 2.35. The molecule has 0 fully saturated rings. The largest absolute Gasteiger partial charge is 0.492 e. The predicted molar refractivity (Wildman–Crippen MR) is 140 cm³/mol. The van der Waals surface area contributed by atoms with Crippen molar-refractivity contribution in [2.75, 3.05) is 35.8 Å². The molecule has 1 aliphatic rings. The summed E-state index contributed by atoms with van der Waals surface area (Å²) in [4.78, 5) is 30.1. The average molecular weight is 528 g/mol. The minimum atomic E-state index is -1.11. The van der Waals surface area contributed by atoms with Gasteiger partial charge in [0, 0.05) is 37.8 Å². The number of anilines is 4. The van der Waals surface area contributed by atoms with Gasteiger partial charge in [-0.25, -0.2) is 9.97 Å². The van der Waals surface area contributed by atoms with Crippen LogP contribution in [0.5, 0.6) is 5.88 Å². The SMILES string of the molecule is Cc1ccc(Nc2snc(O)c2C(=N)NC(C)CO)nc1C(=O)N1c2nc(N(C)C)nc(C)c2CC1O. The first-order chi connectivity index (χ1) is 17.5. The molecule has 0 saturated carbocycles. The molecule has 196 valence electrons. The van der Waals surface area contributed by atoms with E-state index in [0.29, 0.717) is 33.6 Å². The second kappa shape index (κ2) is 10.2. The maximum absolute atomic E-state index is 13.7. The summed E-state index contributed by atoms with van der Waals surface area (Å²) in [5.41, 5.74) is 2.21. The highest BCUT2D eigenvalue weighted by atomic mass is 32.1. The minimum absolute atomic E-state index is 0.108. The Morgan fingerprint density at radius 2 is 2.03 bits per heavy atom. The lowest BCUT2D eigenvalue weighted by atomic mass is 10.2. The fourth-order valence-electron chi connectivity index (χ4n) is 3.85. The van der Waals surface area contributed by atoms with Crippen LogP contribution in [0.15, 0.2) is 12.1 Å². The molecule has 13 nitrogen and oxygen atoms in total. The van der Waals surface area contributed by atoms with Crippen molar-refractivity contribution in [3.8, 4) is 5.88 Å². The number of hydrogen-bond acceptors (Lipinski definition) is 12. The Hall–Kier alpha value is -3.88. The monoisotopic (exact) mass is 527 g/mol. The van der Waals surface area contributed by atoms with E-state index in [4.69, 9.17) is 5.41 Å². The van der Waals surface area contributed by atoms with Crippen LogP contribution in [-0.4, -0.2) is 79.4 Å². The summed E-state index contributed by atoms with van der Waals surface area (Å²) >= 11 is 0.923. The smallest absolute Gasteiger partial charge is 0.280 e. The van der Waals surface area contributed by atoms with Crippen LogP contribution in [0.3, 0.4) is 0 Å². The van der Waals surface area contributed by atoms with Crippen LogP contribution >= 0.6 is 11.5 Å². The first-order valence-corrected chi connectivity index (χ1v) is 12.2. The summed E-state index contributed by atoms with van der Waals surface area (Å²) in [6.07, 6.45) is -0.904. The highest BCUT2D eigenvalue weighted by molar-refractivity contribution is 7.11. The van der Waals surface area contributed by atoms with Gasteiger partial charge in [0.1, 0.15) is 40.0 Å². The van der Waals surface area contributed by atoms with Gasteiger partial charge in [-0.2, -0.15) is 9.36 Å². The van der Waals surface area contributed by atoms with E-state index in [2.05, 4.69) is 30.0 Å². The van der Waals surface area contributed by atoms with Crippen LogP contribution < -0.4 is 20.4 Å². The Kier molecular flexibility index (Phi) is 7.25. The Labute approximate surface area is 217 Å². The third-order valence-electron chi connectivity index (χ3n) is 5.84. The van der Waals surface area contributed by atoms with E-state index in [9.17, 15) is 20.1 Å². The number of amidine groups is 1. The van der Waals surface area contributed by atoms with Crippen molar-refractivity contribution in [3.05, 3.63) is 40.2 Å². The Morgan fingerprint density at radius 1 is 1.30 bits per heavy atom. The number of amides is 1. The van der Waals surface area contributed by atoms with E-state index in [0.717, 1.165) is 11.5 Å². The molecular weight excluding hydrogens is 498 g/mol. The summed E-state index contributed by atoms with van der Waals surface area (Å²) in [5, 5.41) is 44.6. The topological polar surface area (TPSA) is 184 Å². The Balaban J connectivity index is 1.66. The van der Waals surface area contributed by atoms with Crippen molar-refractivity contribution in [1.82, 2.24) is 24.6 Å². The second-order valence-electron chi connectivity index (χ2n) is 8.97. The first-order valence-electron chi connectivity index (χ1n) is 11.5. The maximum atomic E-state index is 13.7. The molecule has 6 N–H and O–H groups in total. The number of aryl methyl sites for hydroxylation is 2. The summed E-state index contributed by atoms with van der Waals surface area (Å²) in [6.45, 7) is 5.05. The third kappa shape index (κ3) is 5.03.